The Hall–Kier alpha value is -3.21. The minimum atomic E-state index is -1.49. The van der Waals surface area contributed by atoms with E-state index in [2.05, 4.69) is 6.58 Å². The predicted octanol–water partition coefficient (Wildman–Crippen LogP) is 1.66. The second kappa shape index (κ2) is 7.87. The van der Waals surface area contributed by atoms with Crippen LogP contribution in [0.2, 0.25) is 0 Å². The van der Waals surface area contributed by atoms with Crippen molar-refractivity contribution in [2.45, 2.75) is 13.0 Å². The maximum absolute atomic E-state index is 12.5. The Morgan fingerprint density at radius 1 is 0.958 bits per heavy atom. The zero-order valence-corrected chi connectivity index (χ0v) is 12.9. The number of carbonyl (C=O) groups is 3. The molecular formula is C19H15O5-. The first-order valence-electron chi connectivity index (χ1n) is 7.21. The van der Waals surface area contributed by atoms with Gasteiger partial charge in [0.05, 0.1) is 12.4 Å². The molecule has 0 amide bonds. The lowest BCUT2D eigenvalue weighted by Crippen LogP contribution is -2.25. The minimum Gasteiger partial charge on any atom is -0.545 e. The lowest BCUT2D eigenvalue weighted by Gasteiger charge is -2.11. The lowest BCUT2D eigenvalue weighted by atomic mass is 9.99. The molecule has 5 heteroatoms. The summed E-state index contributed by atoms with van der Waals surface area (Å²) in [6.45, 7) is 3.09. The van der Waals surface area contributed by atoms with Crippen molar-refractivity contribution in [1.82, 2.24) is 0 Å². The number of benzene rings is 2. The van der Waals surface area contributed by atoms with Crippen LogP contribution in [0.15, 0.2) is 66.7 Å². The summed E-state index contributed by atoms with van der Waals surface area (Å²) in [6.07, 6.45) is -0.461. The largest absolute Gasteiger partial charge is 0.545 e. The van der Waals surface area contributed by atoms with Crippen LogP contribution < -0.4 is 5.11 Å². The van der Waals surface area contributed by atoms with Crippen LogP contribution in [0.4, 0.5) is 0 Å². The molecule has 0 aromatic heterocycles. The van der Waals surface area contributed by atoms with Crippen LogP contribution in [0.3, 0.4) is 0 Å². The average Bonchev–Trinajstić information content (AvgIpc) is 2.60. The molecule has 0 aliphatic rings. The summed E-state index contributed by atoms with van der Waals surface area (Å²) in [5, 5.41) is 10.5. The van der Waals surface area contributed by atoms with E-state index in [1.165, 1.54) is 0 Å². The third-order valence-electron chi connectivity index (χ3n) is 3.33. The van der Waals surface area contributed by atoms with Gasteiger partial charge in [0.1, 0.15) is 6.61 Å². The van der Waals surface area contributed by atoms with E-state index >= 15 is 0 Å². The highest BCUT2D eigenvalue weighted by atomic mass is 16.5. The fourth-order valence-corrected chi connectivity index (χ4v) is 2.07. The first kappa shape index (κ1) is 17.1. The summed E-state index contributed by atoms with van der Waals surface area (Å²) in [6, 6.07) is 15.5. The van der Waals surface area contributed by atoms with Crippen molar-refractivity contribution in [2.75, 3.05) is 0 Å². The summed E-state index contributed by atoms with van der Waals surface area (Å²) < 4.78 is 5.03. The number of hydrogen-bond donors (Lipinski definition) is 0. The van der Waals surface area contributed by atoms with Crippen LogP contribution in [-0.4, -0.2) is 17.7 Å². The monoisotopic (exact) mass is 323 g/mol. The normalized spacial score (nSPS) is 10.0. The second-order valence-electron chi connectivity index (χ2n) is 5.08. The Kier molecular flexibility index (Phi) is 5.63. The molecule has 24 heavy (non-hydrogen) atoms. The Bertz CT molecular complexity index is 777. The highest BCUT2D eigenvalue weighted by molar-refractivity contribution is 6.09. The molecule has 2 rings (SSSR count). The van der Waals surface area contributed by atoms with E-state index in [0.29, 0.717) is 16.7 Å². The Morgan fingerprint density at radius 2 is 1.58 bits per heavy atom. The molecule has 0 N–H and O–H groups in total. The summed E-state index contributed by atoms with van der Waals surface area (Å²) in [5.74, 6) is -2.42. The van der Waals surface area contributed by atoms with Gasteiger partial charge in [-0.3, -0.25) is 9.59 Å². The molecule has 0 fully saturated rings. The quantitative estimate of drug-likeness (QED) is 0.439. The standard InChI is InChI=1S/C19H16O5/c1-13(19(22)23)11-17(20)24-12-15-9-5-6-10-16(15)18(21)14-7-3-2-4-8-14/h2-10H,1,11-12H2,(H,22,23)/p-1. The number of esters is 1. The fourth-order valence-electron chi connectivity index (χ4n) is 2.07. The number of carbonyl (C=O) groups excluding carboxylic acids is 3. The van der Waals surface area contributed by atoms with Crippen LogP contribution >= 0.6 is 0 Å². The highest BCUT2D eigenvalue weighted by Gasteiger charge is 2.14. The lowest BCUT2D eigenvalue weighted by molar-refractivity contribution is -0.299. The van der Waals surface area contributed by atoms with E-state index < -0.39 is 18.4 Å². The van der Waals surface area contributed by atoms with Gasteiger partial charge in [-0.25, -0.2) is 0 Å². The van der Waals surface area contributed by atoms with Gasteiger partial charge in [0.25, 0.3) is 0 Å². The smallest absolute Gasteiger partial charge is 0.310 e. The molecule has 0 aliphatic heterocycles. The van der Waals surface area contributed by atoms with Gasteiger partial charge in [-0.15, -0.1) is 0 Å². The molecule has 0 saturated carbocycles. The Labute approximate surface area is 139 Å². The van der Waals surface area contributed by atoms with Gasteiger partial charge >= 0.3 is 5.97 Å². The molecule has 0 heterocycles. The summed E-state index contributed by atoms with van der Waals surface area (Å²) >= 11 is 0. The molecule has 0 spiro atoms. The van der Waals surface area contributed by atoms with Crippen molar-refractivity contribution in [2.24, 2.45) is 0 Å². The molecule has 2 aromatic rings. The van der Waals surface area contributed by atoms with Crippen LogP contribution in [0.25, 0.3) is 0 Å². The number of ketones is 1. The number of rotatable bonds is 7. The average molecular weight is 323 g/mol. The van der Waals surface area contributed by atoms with E-state index in [-0.39, 0.29) is 18.0 Å². The van der Waals surface area contributed by atoms with E-state index in [1.807, 2.05) is 6.07 Å². The zero-order valence-electron chi connectivity index (χ0n) is 12.9. The van der Waals surface area contributed by atoms with Crippen LogP contribution in [-0.2, 0) is 20.9 Å². The van der Waals surface area contributed by atoms with E-state index in [9.17, 15) is 19.5 Å². The number of ether oxygens (including phenoxy) is 1. The molecule has 0 aliphatic carbocycles. The Morgan fingerprint density at radius 3 is 2.25 bits per heavy atom. The van der Waals surface area contributed by atoms with E-state index in [4.69, 9.17) is 4.74 Å². The highest BCUT2D eigenvalue weighted by Crippen LogP contribution is 2.16. The van der Waals surface area contributed by atoms with Crippen molar-refractivity contribution < 1.29 is 24.2 Å². The van der Waals surface area contributed by atoms with Gasteiger partial charge in [0.15, 0.2) is 5.78 Å². The fraction of sp³-hybridized carbons (Fsp3) is 0.105. The number of carboxylic acids is 1. The number of aliphatic carboxylic acids is 1. The zero-order chi connectivity index (χ0) is 17.5. The van der Waals surface area contributed by atoms with Gasteiger partial charge < -0.3 is 14.6 Å². The summed E-state index contributed by atoms with van der Waals surface area (Å²) in [5.41, 5.74) is 1.14. The molecule has 0 unspecified atom stereocenters. The van der Waals surface area contributed by atoms with Crippen LogP contribution in [0, 0.1) is 0 Å². The van der Waals surface area contributed by atoms with Gasteiger partial charge in [0, 0.05) is 16.7 Å². The van der Waals surface area contributed by atoms with Gasteiger partial charge in [-0.2, -0.15) is 0 Å². The molecule has 5 nitrogen and oxygen atoms in total. The topological polar surface area (TPSA) is 83.5 Å². The van der Waals surface area contributed by atoms with Crippen molar-refractivity contribution >= 4 is 17.7 Å². The summed E-state index contributed by atoms with van der Waals surface area (Å²) in [7, 11) is 0. The molecule has 2 aromatic carbocycles. The molecule has 0 saturated heterocycles. The van der Waals surface area contributed by atoms with Crippen molar-refractivity contribution in [3.05, 3.63) is 83.4 Å². The Balaban J connectivity index is 2.09. The predicted molar refractivity (Wildman–Crippen MR) is 84.9 cm³/mol. The number of carboxylic acid groups (broad SMARTS) is 1. The minimum absolute atomic E-state index is 0.131. The third-order valence-corrected chi connectivity index (χ3v) is 3.33. The molecule has 122 valence electrons. The van der Waals surface area contributed by atoms with E-state index in [1.54, 1.807) is 48.5 Å². The SMILES string of the molecule is C=C(CC(=O)OCc1ccccc1C(=O)c1ccccc1)C(=O)[O-]. The number of hydrogen-bond acceptors (Lipinski definition) is 5. The third kappa shape index (κ3) is 4.39. The maximum Gasteiger partial charge on any atom is 0.310 e. The first-order chi connectivity index (χ1) is 11.5. The van der Waals surface area contributed by atoms with Crippen molar-refractivity contribution in [1.29, 1.82) is 0 Å². The summed E-state index contributed by atoms with van der Waals surface area (Å²) in [4.78, 5) is 34.7. The van der Waals surface area contributed by atoms with Gasteiger partial charge in [-0.1, -0.05) is 61.2 Å². The van der Waals surface area contributed by atoms with Gasteiger partial charge in [0.2, 0.25) is 0 Å². The first-order valence-corrected chi connectivity index (χ1v) is 7.21. The maximum atomic E-state index is 12.5. The molecule has 0 atom stereocenters. The molecule has 0 radical (unpaired) electrons. The van der Waals surface area contributed by atoms with Crippen molar-refractivity contribution in [3.8, 4) is 0 Å². The van der Waals surface area contributed by atoms with Crippen LogP contribution in [0.5, 0.6) is 0 Å². The van der Waals surface area contributed by atoms with E-state index in [0.717, 1.165) is 0 Å². The second-order valence-corrected chi connectivity index (χ2v) is 5.08. The van der Waals surface area contributed by atoms with Crippen LogP contribution in [0.1, 0.15) is 27.9 Å². The molecule has 0 bridgehead atoms. The molecular weight excluding hydrogens is 308 g/mol. The van der Waals surface area contributed by atoms with Gasteiger partial charge in [-0.05, 0) is 5.57 Å². The van der Waals surface area contributed by atoms with Crippen molar-refractivity contribution in [3.63, 3.8) is 0 Å².